The summed E-state index contributed by atoms with van der Waals surface area (Å²) in [7, 11) is 3.87. The molecule has 0 fully saturated rings. The van der Waals surface area contributed by atoms with Gasteiger partial charge in [-0.2, -0.15) is 0 Å². The zero-order valence-electron chi connectivity index (χ0n) is 13.6. The fraction of sp³-hybridized carbons (Fsp3) is 0.333. The first-order chi connectivity index (χ1) is 11.1. The molecule has 0 radical (unpaired) electrons. The third-order valence-electron chi connectivity index (χ3n) is 4.06. The van der Waals surface area contributed by atoms with Crippen molar-refractivity contribution in [1.29, 1.82) is 0 Å². The number of fused-ring (bicyclic) bond motifs is 1. The molecule has 0 atom stereocenters. The second kappa shape index (κ2) is 6.69. The molecule has 3 rings (SSSR count). The Balaban J connectivity index is 1.64. The fourth-order valence-corrected chi connectivity index (χ4v) is 2.77. The van der Waals surface area contributed by atoms with Crippen LogP contribution in [0.2, 0.25) is 0 Å². The molecule has 0 saturated carbocycles. The van der Waals surface area contributed by atoms with Crippen LogP contribution in [0.3, 0.4) is 0 Å². The molecule has 0 aliphatic heterocycles. The molecule has 0 amide bonds. The standard InChI is InChI=1S/C18H22N4O/c1-22(2)17-11-16(8-9-20-17)18(19)21-23-12-13-6-7-14-4-3-5-15(14)10-13/h6-11H,3-5,12H2,1-2H3,(H2,19,21). The Morgan fingerprint density at radius 2 is 2.04 bits per heavy atom. The molecule has 5 nitrogen and oxygen atoms in total. The van der Waals surface area contributed by atoms with Crippen molar-refractivity contribution in [3.8, 4) is 0 Å². The summed E-state index contributed by atoms with van der Waals surface area (Å²) in [5.41, 5.74) is 10.8. The van der Waals surface area contributed by atoms with Crippen LogP contribution < -0.4 is 10.6 Å². The predicted molar refractivity (Wildman–Crippen MR) is 92.5 cm³/mol. The third-order valence-corrected chi connectivity index (χ3v) is 4.06. The minimum atomic E-state index is 0.358. The van der Waals surface area contributed by atoms with Gasteiger partial charge in [-0.25, -0.2) is 4.98 Å². The maximum atomic E-state index is 6.00. The number of hydrogen-bond acceptors (Lipinski definition) is 4. The maximum Gasteiger partial charge on any atom is 0.170 e. The van der Waals surface area contributed by atoms with Crippen LogP contribution in [-0.2, 0) is 24.3 Å². The molecule has 5 heteroatoms. The number of rotatable bonds is 5. The molecule has 0 unspecified atom stereocenters. The van der Waals surface area contributed by atoms with Gasteiger partial charge in [0.2, 0.25) is 0 Å². The lowest BCUT2D eigenvalue weighted by molar-refractivity contribution is 0.130. The SMILES string of the molecule is CN(C)c1cc(C(N)=NOCc2ccc3c(c2)CCC3)ccn1. The predicted octanol–water partition coefficient (Wildman–Crippen LogP) is 2.47. The molecule has 1 heterocycles. The molecular formula is C18H22N4O. The van der Waals surface area contributed by atoms with E-state index in [0.717, 1.165) is 16.9 Å². The van der Waals surface area contributed by atoms with Gasteiger partial charge in [-0.15, -0.1) is 0 Å². The lowest BCUT2D eigenvalue weighted by Crippen LogP contribution is -2.16. The Labute approximate surface area is 136 Å². The van der Waals surface area contributed by atoms with Crippen molar-refractivity contribution in [2.75, 3.05) is 19.0 Å². The van der Waals surface area contributed by atoms with Gasteiger partial charge < -0.3 is 15.5 Å². The average molecular weight is 310 g/mol. The van der Waals surface area contributed by atoms with Gasteiger partial charge in [0.15, 0.2) is 5.84 Å². The van der Waals surface area contributed by atoms with E-state index in [1.165, 1.54) is 30.4 Å². The van der Waals surface area contributed by atoms with Gasteiger partial charge in [-0.05, 0) is 48.1 Å². The molecular weight excluding hydrogens is 288 g/mol. The number of hydrogen-bond donors (Lipinski definition) is 1. The van der Waals surface area contributed by atoms with Crippen LogP contribution in [0.5, 0.6) is 0 Å². The summed E-state index contributed by atoms with van der Waals surface area (Å²) >= 11 is 0. The number of aryl methyl sites for hydroxylation is 2. The first-order valence-corrected chi connectivity index (χ1v) is 7.83. The molecule has 0 bridgehead atoms. The minimum absolute atomic E-state index is 0.358. The van der Waals surface area contributed by atoms with E-state index in [-0.39, 0.29) is 0 Å². The number of anilines is 1. The molecule has 23 heavy (non-hydrogen) atoms. The van der Waals surface area contributed by atoms with Crippen LogP contribution in [0.25, 0.3) is 0 Å². The molecule has 2 aromatic rings. The van der Waals surface area contributed by atoms with Crippen LogP contribution in [0, 0.1) is 0 Å². The van der Waals surface area contributed by atoms with E-state index in [9.17, 15) is 0 Å². The van der Waals surface area contributed by atoms with Crippen LogP contribution >= 0.6 is 0 Å². The highest BCUT2D eigenvalue weighted by Crippen LogP contribution is 2.23. The summed E-state index contributed by atoms with van der Waals surface area (Å²) in [6, 6.07) is 10.2. The van der Waals surface area contributed by atoms with Crippen LogP contribution in [0.4, 0.5) is 5.82 Å². The maximum absolute atomic E-state index is 6.00. The van der Waals surface area contributed by atoms with Crippen LogP contribution in [0.15, 0.2) is 41.7 Å². The Morgan fingerprint density at radius 1 is 1.22 bits per heavy atom. The van der Waals surface area contributed by atoms with E-state index >= 15 is 0 Å². The van der Waals surface area contributed by atoms with Crippen molar-refractivity contribution >= 4 is 11.7 Å². The van der Waals surface area contributed by atoms with Gasteiger partial charge >= 0.3 is 0 Å². The average Bonchev–Trinajstić information content (AvgIpc) is 3.02. The summed E-state index contributed by atoms with van der Waals surface area (Å²) in [4.78, 5) is 11.6. The van der Waals surface area contributed by atoms with Crippen molar-refractivity contribution in [2.45, 2.75) is 25.9 Å². The Bertz CT molecular complexity index is 725. The molecule has 0 spiro atoms. The van der Waals surface area contributed by atoms with Gasteiger partial charge in [-0.1, -0.05) is 23.4 Å². The van der Waals surface area contributed by atoms with Crippen molar-refractivity contribution in [3.05, 3.63) is 58.8 Å². The normalized spacial score (nSPS) is 13.7. The van der Waals surface area contributed by atoms with Gasteiger partial charge in [0.25, 0.3) is 0 Å². The largest absolute Gasteiger partial charge is 0.389 e. The third kappa shape index (κ3) is 3.62. The highest BCUT2D eigenvalue weighted by Gasteiger charge is 2.10. The quantitative estimate of drug-likeness (QED) is 0.523. The van der Waals surface area contributed by atoms with E-state index in [2.05, 4.69) is 28.3 Å². The lowest BCUT2D eigenvalue weighted by Gasteiger charge is -2.11. The van der Waals surface area contributed by atoms with E-state index in [0.29, 0.717) is 12.4 Å². The highest BCUT2D eigenvalue weighted by molar-refractivity contribution is 5.97. The zero-order valence-corrected chi connectivity index (χ0v) is 13.6. The summed E-state index contributed by atoms with van der Waals surface area (Å²) in [6.45, 7) is 0.430. The zero-order chi connectivity index (χ0) is 16.2. The van der Waals surface area contributed by atoms with Crippen LogP contribution in [0.1, 0.15) is 28.7 Å². The molecule has 1 aromatic heterocycles. The van der Waals surface area contributed by atoms with Crippen molar-refractivity contribution in [3.63, 3.8) is 0 Å². The minimum Gasteiger partial charge on any atom is -0.389 e. The number of nitrogens with zero attached hydrogens (tertiary/aromatic N) is 3. The van der Waals surface area contributed by atoms with Crippen molar-refractivity contribution < 1.29 is 4.84 Å². The van der Waals surface area contributed by atoms with Gasteiger partial charge in [0, 0.05) is 25.9 Å². The van der Waals surface area contributed by atoms with Crippen molar-refractivity contribution in [2.24, 2.45) is 10.9 Å². The Hall–Kier alpha value is -2.56. The number of pyridine rings is 1. The monoisotopic (exact) mass is 310 g/mol. The smallest absolute Gasteiger partial charge is 0.170 e. The van der Waals surface area contributed by atoms with Crippen molar-refractivity contribution in [1.82, 2.24) is 4.98 Å². The van der Waals surface area contributed by atoms with Gasteiger partial charge in [0.05, 0.1) is 0 Å². The second-order valence-electron chi connectivity index (χ2n) is 6.00. The van der Waals surface area contributed by atoms with Gasteiger partial charge in [-0.3, -0.25) is 0 Å². The van der Waals surface area contributed by atoms with E-state index in [4.69, 9.17) is 10.6 Å². The number of nitrogens with two attached hydrogens (primary N) is 1. The summed E-state index contributed by atoms with van der Waals surface area (Å²) in [5.74, 6) is 1.19. The first kappa shape index (κ1) is 15.3. The Kier molecular flexibility index (Phi) is 4.46. The summed E-state index contributed by atoms with van der Waals surface area (Å²) < 4.78 is 0. The lowest BCUT2D eigenvalue weighted by atomic mass is 10.1. The number of aromatic nitrogens is 1. The molecule has 0 saturated heterocycles. The molecule has 1 aromatic carbocycles. The fourth-order valence-electron chi connectivity index (χ4n) is 2.77. The molecule has 2 N–H and O–H groups in total. The van der Waals surface area contributed by atoms with E-state index in [1.807, 2.05) is 31.1 Å². The molecule has 120 valence electrons. The second-order valence-corrected chi connectivity index (χ2v) is 6.00. The molecule has 1 aliphatic carbocycles. The van der Waals surface area contributed by atoms with E-state index < -0.39 is 0 Å². The first-order valence-electron chi connectivity index (χ1n) is 7.83. The number of amidine groups is 1. The highest BCUT2D eigenvalue weighted by atomic mass is 16.6. The van der Waals surface area contributed by atoms with Crippen LogP contribution in [-0.4, -0.2) is 24.9 Å². The number of oxime groups is 1. The van der Waals surface area contributed by atoms with E-state index in [1.54, 1.807) is 6.20 Å². The summed E-state index contributed by atoms with van der Waals surface area (Å²) in [6.07, 6.45) is 5.32. The molecule has 1 aliphatic rings. The Morgan fingerprint density at radius 3 is 2.87 bits per heavy atom. The van der Waals surface area contributed by atoms with Gasteiger partial charge in [0.1, 0.15) is 12.4 Å². The summed E-state index contributed by atoms with van der Waals surface area (Å²) in [5, 5.41) is 4.03. The number of benzene rings is 1. The topological polar surface area (TPSA) is 63.7 Å².